The monoisotopic (exact) mass is 245 g/mol. The first kappa shape index (κ1) is 12.3. The second-order valence-electron chi connectivity index (χ2n) is 4.04. The van der Waals surface area contributed by atoms with Gasteiger partial charge in [-0.25, -0.2) is 4.98 Å². The van der Waals surface area contributed by atoms with Gasteiger partial charge in [-0.2, -0.15) is 0 Å². The molecule has 0 saturated carbocycles. The van der Waals surface area contributed by atoms with Gasteiger partial charge in [-0.1, -0.05) is 18.2 Å². The third-order valence-corrected chi connectivity index (χ3v) is 2.46. The SMILES string of the molecule is CC(O)CNC(=O)c1cncn1-c1ccccc1. The first-order valence-corrected chi connectivity index (χ1v) is 5.72. The van der Waals surface area contributed by atoms with Gasteiger partial charge in [-0.15, -0.1) is 0 Å². The lowest BCUT2D eigenvalue weighted by Gasteiger charge is -2.09. The quantitative estimate of drug-likeness (QED) is 0.844. The molecule has 0 aliphatic carbocycles. The maximum absolute atomic E-state index is 11.9. The summed E-state index contributed by atoms with van der Waals surface area (Å²) in [5.74, 6) is -0.253. The summed E-state index contributed by atoms with van der Waals surface area (Å²) in [6.45, 7) is 1.84. The number of aliphatic hydroxyl groups excluding tert-OH is 1. The number of nitrogens with zero attached hydrogens (tertiary/aromatic N) is 2. The Kier molecular flexibility index (Phi) is 3.74. The normalized spacial score (nSPS) is 12.1. The summed E-state index contributed by atoms with van der Waals surface area (Å²) in [5.41, 5.74) is 1.32. The van der Waals surface area contributed by atoms with Crippen LogP contribution in [-0.4, -0.2) is 33.2 Å². The Bertz CT molecular complexity index is 520. The lowest BCUT2D eigenvalue weighted by molar-refractivity contribution is 0.0917. The van der Waals surface area contributed by atoms with E-state index < -0.39 is 6.10 Å². The molecule has 2 rings (SSSR count). The molecule has 1 unspecified atom stereocenters. The maximum Gasteiger partial charge on any atom is 0.270 e. The van der Waals surface area contributed by atoms with Crippen LogP contribution < -0.4 is 5.32 Å². The van der Waals surface area contributed by atoms with E-state index in [4.69, 9.17) is 5.11 Å². The molecule has 0 fully saturated rings. The first-order valence-electron chi connectivity index (χ1n) is 5.72. The van der Waals surface area contributed by atoms with E-state index in [0.717, 1.165) is 5.69 Å². The van der Waals surface area contributed by atoms with Crippen molar-refractivity contribution >= 4 is 5.91 Å². The van der Waals surface area contributed by atoms with Crippen molar-refractivity contribution in [3.05, 3.63) is 48.5 Å². The molecule has 2 N–H and O–H groups in total. The first-order chi connectivity index (χ1) is 8.68. The van der Waals surface area contributed by atoms with Gasteiger partial charge < -0.3 is 10.4 Å². The zero-order chi connectivity index (χ0) is 13.0. The van der Waals surface area contributed by atoms with Crippen molar-refractivity contribution in [3.63, 3.8) is 0 Å². The Balaban J connectivity index is 2.20. The van der Waals surface area contributed by atoms with Crippen molar-refractivity contribution in [1.29, 1.82) is 0 Å². The number of hydrogen-bond donors (Lipinski definition) is 2. The third kappa shape index (κ3) is 2.75. The standard InChI is InChI=1S/C13H15N3O2/c1-10(17)7-15-13(18)12-8-14-9-16(12)11-5-3-2-4-6-11/h2-6,8-10,17H,7H2,1H3,(H,15,18). The minimum Gasteiger partial charge on any atom is -0.392 e. The molecule has 0 spiro atoms. The minimum atomic E-state index is -0.568. The molecule has 0 radical (unpaired) electrons. The highest BCUT2D eigenvalue weighted by atomic mass is 16.3. The molecule has 1 aromatic carbocycles. The molecule has 5 nitrogen and oxygen atoms in total. The predicted octanol–water partition coefficient (Wildman–Crippen LogP) is 0.983. The lowest BCUT2D eigenvalue weighted by atomic mass is 10.3. The number of carbonyl (C=O) groups is 1. The number of benzene rings is 1. The zero-order valence-corrected chi connectivity index (χ0v) is 10.1. The van der Waals surface area contributed by atoms with E-state index in [9.17, 15) is 4.79 Å². The van der Waals surface area contributed by atoms with Crippen molar-refractivity contribution in [3.8, 4) is 5.69 Å². The highest BCUT2D eigenvalue weighted by molar-refractivity contribution is 5.93. The van der Waals surface area contributed by atoms with Gasteiger partial charge in [0.15, 0.2) is 0 Å². The van der Waals surface area contributed by atoms with Crippen molar-refractivity contribution in [2.24, 2.45) is 0 Å². The second-order valence-corrected chi connectivity index (χ2v) is 4.04. The number of nitrogens with one attached hydrogen (secondary N) is 1. The molecule has 5 heteroatoms. The van der Waals surface area contributed by atoms with Crippen LogP contribution in [0.5, 0.6) is 0 Å². The topological polar surface area (TPSA) is 67.2 Å². The van der Waals surface area contributed by atoms with Gasteiger partial charge in [0.2, 0.25) is 0 Å². The molecule has 0 aliphatic heterocycles. The van der Waals surface area contributed by atoms with E-state index in [2.05, 4.69) is 10.3 Å². The molecule has 1 heterocycles. The summed E-state index contributed by atoms with van der Waals surface area (Å²) in [5, 5.41) is 11.8. The fraction of sp³-hybridized carbons (Fsp3) is 0.231. The largest absolute Gasteiger partial charge is 0.392 e. The number of imidazole rings is 1. The molecule has 0 bridgehead atoms. The van der Waals surface area contributed by atoms with Crippen LogP contribution in [0.4, 0.5) is 0 Å². The van der Waals surface area contributed by atoms with Gasteiger partial charge in [0.05, 0.1) is 18.6 Å². The molecule has 2 aromatic rings. The molecule has 1 amide bonds. The van der Waals surface area contributed by atoms with E-state index in [-0.39, 0.29) is 12.5 Å². The molecular weight excluding hydrogens is 230 g/mol. The second kappa shape index (κ2) is 5.46. The number of hydrogen-bond acceptors (Lipinski definition) is 3. The summed E-state index contributed by atoms with van der Waals surface area (Å²) >= 11 is 0. The highest BCUT2D eigenvalue weighted by Crippen LogP contribution is 2.10. The molecule has 18 heavy (non-hydrogen) atoms. The fourth-order valence-electron chi connectivity index (χ4n) is 1.59. The number of aromatic nitrogens is 2. The average molecular weight is 245 g/mol. The van der Waals surface area contributed by atoms with Crippen LogP contribution in [0.25, 0.3) is 5.69 Å². The van der Waals surface area contributed by atoms with Crippen LogP contribution in [0, 0.1) is 0 Å². The van der Waals surface area contributed by atoms with Crippen molar-refractivity contribution in [2.75, 3.05) is 6.54 Å². The van der Waals surface area contributed by atoms with Crippen LogP contribution >= 0.6 is 0 Å². The van der Waals surface area contributed by atoms with Crippen molar-refractivity contribution in [1.82, 2.24) is 14.9 Å². The smallest absolute Gasteiger partial charge is 0.270 e. The van der Waals surface area contributed by atoms with Crippen LogP contribution in [0.2, 0.25) is 0 Å². The summed E-state index contributed by atoms with van der Waals surface area (Å²) in [7, 11) is 0. The number of amides is 1. The van der Waals surface area contributed by atoms with Gasteiger partial charge in [0.25, 0.3) is 5.91 Å². The van der Waals surface area contributed by atoms with Crippen LogP contribution in [-0.2, 0) is 0 Å². The van der Waals surface area contributed by atoms with Gasteiger partial charge >= 0.3 is 0 Å². The summed E-state index contributed by atoms with van der Waals surface area (Å²) in [6, 6.07) is 9.49. The Hall–Kier alpha value is -2.14. The van der Waals surface area contributed by atoms with Gasteiger partial charge in [0, 0.05) is 12.2 Å². The molecule has 1 atom stereocenters. The van der Waals surface area contributed by atoms with E-state index in [1.54, 1.807) is 17.8 Å². The van der Waals surface area contributed by atoms with Crippen LogP contribution in [0.1, 0.15) is 17.4 Å². The predicted molar refractivity (Wildman–Crippen MR) is 67.6 cm³/mol. The van der Waals surface area contributed by atoms with E-state index in [1.807, 2.05) is 30.3 Å². The summed E-state index contributed by atoms with van der Waals surface area (Å²) in [4.78, 5) is 15.9. The zero-order valence-electron chi connectivity index (χ0n) is 10.1. The molecule has 0 aliphatic rings. The number of carbonyl (C=O) groups excluding carboxylic acids is 1. The molecular formula is C13H15N3O2. The number of para-hydroxylation sites is 1. The van der Waals surface area contributed by atoms with E-state index in [1.165, 1.54) is 6.20 Å². The van der Waals surface area contributed by atoms with Crippen molar-refractivity contribution in [2.45, 2.75) is 13.0 Å². The van der Waals surface area contributed by atoms with Crippen LogP contribution in [0.3, 0.4) is 0 Å². The van der Waals surface area contributed by atoms with E-state index >= 15 is 0 Å². The third-order valence-electron chi connectivity index (χ3n) is 2.46. The Morgan fingerprint density at radius 2 is 2.17 bits per heavy atom. The summed E-state index contributed by atoms with van der Waals surface area (Å²) in [6.07, 6.45) is 2.53. The van der Waals surface area contributed by atoms with Gasteiger partial charge in [0.1, 0.15) is 5.69 Å². The highest BCUT2D eigenvalue weighted by Gasteiger charge is 2.12. The number of rotatable bonds is 4. The minimum absolute atomic E-state index is 0.221. The maximum atomic E-state index is 11.9. The molecule has 94 valence electrons. The average Bonchev–Trinajstić information content (AvgIpc) is 2.86. The van der Waals surface area contributed by atoms with Crippen LogP contribution in [0.15, 0.2) is 42.9 Å². The Morgan fingerprint density at radius 3 is 2.83 bits per heavy atom. The molecule has 1 aromatic heterocycles. The van der Waals surface area contributed by atoms with Gasteiger partial charge in [-0.3, -0.25) is 9.36 Å². The Labute approximate surface area is 105 Å². The molecule has 0 saturated heterocycles. The van der Waals surface area contributed by atoms with Crippen molar-refractivity contribution < 1.29 is 9.90 Å². The Morgan fingerprint density at radius 1 is 1.44 bits per heavy atom. The van der Waals surface area contributed by atoms with Gasteiger partial charge in [-0.05, 0) is 19.1 Å². The lowest BCUT2D eigenvalue weighted by Crippen LogP contribution is -2.31. The number of aliphatic hydroxyl groups is 1. The summed E-state index contributed by atoms with van der Waals surface area (Å²) < 4.78 is 1.71. The fourth-order valence-corrected chi connectivity index (χ4v) is 1.59. The van der Waals surface area contributed by atoms with E-state index in [0.29, 0.717) is 5.69 Å².